The molecule has 0 fully saturated rings. The number of pyridine rings is 1. The lowest BCUT2D eigenvalue weighted by Crippen LogP contribution is -2.37. The Bertz CT molecular complexity index is 1180. The van der Waals surface area contributed by atoms with E-state index in [0.29, 0.717) is 5.56 Å². The van der Waals surface area contributed by atoms with E-state index in [4.69, 9.17) is 5.73 Å². The van der Waals surface area contributed by atoms with Crippen LogP contribution in [0.15, 0.2) is 46.1 Å². The normalized spacial score (nSPS) is 10.7. The number of aromatic nitrogens is 3. The first-order chi connectivity index (χ1) is 12.8. The van der Waals surface area contributed by atoms with Crippen molar-refractivity contribution in [3.8, 4) is 0 Å². The van der Waals surface area contributed by atoms with Crippen LogP contribution in [0.1, 0.15) is 26.3 Å². The lowest BCUT2D eigenvalue weighted by Gasteiger charge is -2.09. The monoisotopic (exact) mass is 367 g/mol. The smallest absolute Gasteiger partial charge is 0.332 e. The molecule has 0 spiro atoms. The highest BCUT2D eigenvalue weighted by atomic mass is 16.2. The lowest BCUT2D eigenvalue weighted by molar-refractivity contribution is 0.0949. The van der Waals surface area contributed by atoms with Crippen molar-refractivity contribution in [3.63, 3.8) is 0 Å². The van der Waals surface area contributed by atoms with Crippen molar-refractivity contribution in [2.75, 3.05) is 0 Å². The second-order valence-electron chi connectivity index (χ2n) is 6.04. The molecule has 0 atom stereocenters. The number of hydrogen-bond acceptors (Lipinski definition) is 5. The van der Waals surface area contributed by atoms with Crippen molar-refractivity contribution in [3.05, 3.63) is 74.1 Å². The van der Waals surface area contributed by atoms with Crippen LogP contribution < -0.4 is 22.3 Å². The number of fused-ring (bicyclic) bond motifs is 1. The van der Waals surface area contributed by atoms with Gasteiger partial charge in [0.05, 0.1) is 10.9 Å². The molecule has 0 saturated carbocycles. The first-order valence-corrected chi connectivity index (χ1v) is 8.02. The number of nitrogens with zero attached hydrogens (tertiary/aromatic N) is 3. The Kier molecular flexibility index (Phi) is 4.59. The Morgan fingerprint density at radius 3 is 2.37 bits per heavy atom. The third-order valence-electron chi connectivity index (χ3n) is 4.25. The van der Waals surface area contributed by atoms with Crippen LogP contribution in [-0.4, -0.2) is 25.9 Å². The second-order valence-corrected chi connectivity index (χ2v) is 6.04. The summed E-state index contributed by atoms with van der Waals surface area (Å²) >= 11 is 0. The molecule has 9 nitrogen and oxygen atoms in total. The van der Waals surface area contributed by atoms with E-state index < -0.39 is 23.1 Å². The fraction of sp³-hybridized carbons (Fsp3) is 0.167. The van der Waals surface area contributed by atoms with E-state index in [9.17, 15) is 19.2 Å². The molecule has 2 heterocycles. The summed E-state index contributed by atoms with van der Waals surface area (Å²) < 4.78 is 2.21. The Morgan fingerprint density at radius 2 is 1.74 bits per heavy atom. The number of aryl methyl sites for hydroxylation is 1. The van der Waals surface area contributed by atoms with Gasteiger partial charge in [-0.1, -0.05) is 12.1 Å². The topological polar surface area (TPSA) is 129 Å². The van der Waals surface area contributed by atoms with Crippen molar-refractivity contribution in [1.29, 1.82) is 0 Å². The molecule has 3 aromatic rings. The zero-order valence-corrected chi connectivity index (χ0v) is 14.7. The summed E-state index contributed by atoms with van der Waals surface area (Å²) in [6, 6.07) is 7.93. The van der Waals surface area contributed by atoms with Crippen LogP contribution in [0.5, 0.6) is 0 Å². The molecule has 3 rings (SSSR count). The molecule has 0 unspecified atom stereocenters. The van der Waals surface area contributed by atoms with Gasteiger partial charge in [-0.15, -0.1) is 0 Å². The van der Waals surface area contributed by atoms with Gasteiger partial charge in [0.15, 0.2) is 0 Å². The number of nitrogens with one attached hydrogen (secondary N) is 1. The van der Waals surface area contributed by atoms with Gasteiger partial charge in [0, 0.05) is 32.4 Å². The van der Waals surface area contributed by atoms with Crippen LogP contribution in [0.3, 0.4) is 0 Å². The average Bonchev–Trinajstić information content (AvgIpc) is 2.68. The Hall–Kier alpha value is -3.75. The quantitative estimate of drug-likeness (QED) is 0.652. The molecule has 0 aliphatic carbocycles. The largest absolute Gasteiger partial charge is 0.366 e. The zero-order valence-electron chi connectivity index (χ0n) is 14.7. The molecule has 1 aromatic carbocycles. The fourth-order valence-corrected chi connectivity index (χ4v) is 2.66. The lowest BCUT2D eigenvalue weighted by atomic mass is 10.1. The summed E-state index contributed by atoms with van der Waals surface area (Å²) in [5.74, 6) is -0.942. The summed E-state index contributed by atoms with van der Waals surface area (Å²) in [7, 11) is 2.87. The third kappa shape index (κ3) is 3.34. The molecule has 2 amide bonds. The molecule has 9 heteroatoms. The van der Waals surface area contributed by atoms with Gasteiger partial charge in [-0.2, -0.15) is 0 Å². The van der Waals surface area contributed by atoms with Crippen molar-refractivity contribution in [2.24, 2.45) is 19.8 Å². The van der Waals surface area contributed by atoms with E-state index in [1.54, 1.807) is 24.3 Å². The number of nitrogens with two attached hydrogens (primary N) is 1. The van der Waals surface area contributed by atoms with E-state index in [2.05, 4.69) is 10.3 Å². The molecule has 27 heavy (non-hydrogen) atoms. The molecule has 0 saturated heterocycles. The minimum Gasteiger partial charge on any atom is -0.366 e. The number of benzene rings is 1. The van der Waals surface area contributed by atoms with E-state index in [1.807, 2.05) is 0 Å². The van der Waals surface area contributed by atoms with Crippen LogP contribution in [0.25, 0.3) is 11.0 Å². The molecule has 0 aliphatic rings. The molecular weight excluding hydrogens is 350 g/mol. The maximum Gasteiger partial charge on any atom is 0.332 e. The number of primary amides is 1. The first kappa shape index (κ1) is 18.1. The highest BCUT2D eigenvalue weighted by Crippen LogP contribution is 2.08. The van der Waals surface area contributed by atoms with Gasteiger partial charge in [-0.25, -0.2) is 9.78 Å². The number of hydrogen-bond donors (Lipinski definition) is 2. The predicted octanol–water partition coefficient (Wildman–Crippen LogP) is -0.339. The van der Waals surface area contributed by atoms with Crippen molar-refractivity contribution in [1.82, 2.24) is 19.4 Å². The Labute approximate surface area is 153 Å². The van der Waals surface area contributed by atoms with Crippen LogP contribution in [0.4, 0.5) is 0 Å². The number of carbonyl (C=O) groups is 2. The van der Waals surface area contributed by atoms with E-state index in [0.717, 1.165) is 10.1 Å². The SMILES string of the molecule is Cn1c(=O)c2cc(C(=O)NCc3ccc(C(N)=O)cc3)cnc2n(C)c1=O. The van der Waals surface area contributed by atoms with Gasteiger partial charge in [-0.05, 0) is 23.8 Å². The minimum atomic E-state index is -0.524. The molecule has 138 valence electrons. The van der Waals surface area contributed by atoms with Crippen molar-refractivity contribution >= 4 is 22.8 Å². The average molecular weight is 367 g/mol. The molecular formula is C18H17N5O4. The van der Waals surface area contributed by atoms with Crippen LogP contribution >= 0.6 is 0 Å². The zero-order chi connectivity index (χ0) is 19.7. The van der Waals surface area contributed by atoms with Gasteiger partial charge < -0.3 is 11.1 Å². The van der Waals surface area contributed by atoms with Crippen LogP contribution in [0.2, 0.25) is 0 Å². The van der Waals surface area contributed by atoms with Crippen molar-refractivity contribution in [2.45, 2.75) is 6.54 Å². The van der Waals surface area contributed by atoms with Gasteiger partial charge in [0.25, 0.3) is 11.5 Å². The highest BCUT2D eigenvalue weighted by Gasteiger charge is 2.13. The third-order valence-corrected chi connectivity index (χ3v) is 4.25. The summed E-state index contributed by atoms with van der Waals surface area (Å²) in [6.07, 6.45) is 1.31. The number of carbonyl (C=O) groups excluding carboxylic acids is 2. The van der Waals surface area contributed by atoms with E-state index >= 15 is 0 Å². The second kappa shape index (κ2) is 6.87. The first-order valence-electron chi connectivity index (χ1n) is 8.02. The predicted molar refractivity (Wildman–Crippen MR) is 98.4 cm³/mol. The molecule has 3 N–H and O–H groups in total. The molecule has 0 bridgehead atoms. The van der Waals surface area contributed by atoms with Crippen LogP contribution in [-0.2, 0) is 20.6 Å². The molecule has 2 aromatic heterocycles. The van der Waals surface area contributed by atoms with Gasteiger partial charge in [0.1, 0.15) is 5.65 Å². The van der Waals surface area contributed by atoms with Gasteiger partial charge in [0.2, 0.25) is 5.91 Å². The maximum absolute atomic E-state index is 12.4. The fourth-order valence-electron chi connectivity index (χ4n) is 2.66. The summed E-state index contributed by atoms with van der Waals surface area (Å²) in [5, 5.41) is 2.89. The van der Waals surface area contributed by atoms with Crippen LogP contribution in [0, 0.1) is 0 Å². The summed E-state index contributed by atoms with van der Waals surface area (Å²) in [6.45, 7) is 0.223. The summed E-state index contributed by atoms with van der Waals surface area (Å²) in [4.78, 5) is 51.7. The number of rotatable bonds is 4. The van der Waals surface area contributed by atoms with E-state index in [1.165, 1.54) is 30.9 Å². The Morgan fingerprint density at radius 1 is 1.07 bits per heavy atom. The molecule has 0 aliphatic heterocycles. The minimum absolute atomic E-state index is 0.179. The van der Waals surface area contributed by atoms with Gasteiger partial charge in [-0.3, -0.25) is 23.5 Å². The number of amides is 2. The van der Waals surface area contributed by atoms with Crippen molar-refractivity contribution < 1.29 is 9.59 Å². The van der Waals surface area contributed by atoms with Gasteiger partial charge >= 0.3 is 5.69 Å². The Balaban J connectivity index is 1.85. The standard InChI is InChI=1S/C18H17N5O4/c1-22-15-13(17(26)23(2)18(22)27)7-12(9-20-15)16(25)21-8-10-3-5-11(6-4-10)14(19)24/h3-7,9H,8H2,1-2H3,(H2,19,24)(H,21,25). The summed E-state index contributed by atoms with van der Waals surface area (Å²) in [5.41, 5.74) is 5.75. The highest BCUT2D eigenvalue weighted by molar-refractivity contribution is 5.96. The van der Waals surface area contributed by atoms with E-state index in [-0.39, 0.29) is 23.1 Å². The molecule has 0 radical (unpaired) electrons. The maximum atomic E-state index is 12.4.